The maximum atomic E-state index is 5.36. The molecule has 0 spiro atoms. The van der Waals surface area contributed by atoms with Crippen molar-refractivity contribution in [1.29, 1.82) is 0 Å². The van der Waals surface area contributed by atoms with Crippen molar-refractivity contribution >= 4 is 15.9 Å². The second-order valence-electron chi connectivity index (χ2n) is 2.84. The van der Waals surface area contributed by atoms with E-state index >= 15 is 0 Å². The summed E-state index contributed by atoms with van der Waals surface area (Å²) in [7, 11) is 0. The lowest BCUT2D eigenvalue weighted by Crippen LogP contribution is -2.26. The second kappa shape index (κ2) is 4.03. The Morgan fingerprint density at radius 1 is 1.50 bits per heavy atom. The van der Waals surface area contributed by atoms with E-state index in [0.29, 0.717) is 0 Å². The number of hydrogen-bond donors (Lipinski definition) is 2. The van der Waals surface area contributed by atoms with Crippen LogP contribution in [-0.2, 0) is 0 Å². The molecule has 1 atom stereocenters. The van der Waals surface area contributed by atoms with E-state index in [1.807, 2.05) is 19.1 Å². The Balaban J connectivity index is 3.07. The van der Waals surface area contributed by atoms with Crippen LogP contribution in [0.4, 0.5) is 0 Å². The van der Waals surface area contributed by atoms with Crippen LogP contribution in [0, 0.1) is 6.92 Å². The number of halogens is 1. The van der Waals surface area contributed by atoms with Crippen LogP contribution in [-0.4, -0.2) is 0 Å². The third-order valence-electron chi connectivity index (χ3n) is 2.03. The third-order valence-corrected chi connectivity index (χ3v) is 2.89. The van der Waals surface area contributed by atoms with E-state index in [1.54, 1.807) is 0 Å². The van der Waals surface area contributed by atoms with Gasteiger partial charge in [-0.3, -0.25) is 11.3 Å². The molecule has 0 aliphatic carbocycles. The monoisotopic (exact) mass is 228 g/mol. The summed E-state index contributed by atoms with van der Waals surface area (Å²) in [5, 5.41) is 0. The number of nitrogens with one attached hydrogen (secondary N) is 1. The smallest absolute Gasteiger partial charge is 0.0434 e. The third kappa shape index (κ3) is 1.86. The van der Waals surface area contributed by atoms with Crippen LogP contribution in [0.15, 0.2) is 22.7 Å². The van der Waals surface area contributed by atoms with Crippen molar-refractivity contribution in [3.8, 4) is 0 Å². The maximum Gasteiger partial charge on any atom is 0.0434 e. The van der Waals surface area contributed by atoms with Crippen molar-refractivity contribution in [2.24, 2.45) is 5.84 Å². The molecule has 66 valence electrons. The number of hydrogen-bond acceptors (Lipinski definition) is 2. The van der Waals surface area contributed by atoms with Gasteiger partial charge in [0.1, 0.15) is 0 Å². The molecule has 1 aromatic rings. The highest BCUT2D eigenvalue weighted by Gasteiger charge is 2.07. The minimum Gasteiger partial charge on any atom is -0.271 e. The molecule has 0 amide bonds. The van der Waals surface area contributed by atoms with Gasteiger partial charge in [-0.1, -0.05) is 28.1 Å². The molecule has 0 bridgehead atoms. The topological polar surface area (TPSA) is 38.0 Å². The minimum absolute atomic E-state index is 0.197. The Bertz CT molecular complexity index is 273. The number of hydrazine groups is 1. The maximum absolute atomic E-state index is 5.36. The molecule has 3 N–H and O–H groups in total. The van der Waals surface area contributed by atoms with Gasteiger partial charge in [-0.15, -0.1) is 0 Å². The number of rotatable bonds is 2. The quantitative estimate of drug-likeness (QED) is 0.603. The molecule has 1 aromatic carbocycles. The van der Waals surface area contributed by atoms with Gasteiger partial charge < -0.3 is 0 Å². The highest BCUT2D eigenvalue weighted by molar-refractivity contribution is 9.10. The Kier molecular flexibility index (Phi) is 3.26. The van der Waals surface area contributed by atoms with Crippen molar-refractivity contribution in [3.63, 3.8) is 0 Å². The van der Waals surface area contributed by atoms with Gasteiger partial charge in [-0.05, 0) is 31.0 Å². The molecule has 12 heavy (non-hydrogen) atoms. The van der Waals surface area contributed by atoms with Crippen LogP contribution in [0.3, 0.4) is 0 Å². The molecule has 1 unspecified atom stereocenters. The normalized spacial score (nSPS) is 13.0. The molecular formula is C9H13BrN2. The van der Waals surface area contributed by atoms with E-state index in [1.165, 1.54) is 11.1 Å². The standard InChI is InChI=1S/C9H13BrN2/c1-6-8(7(2)12-11)4-3-5-9(6)10/h3-5,7,12H,11H2,1-2H3. The van der Waals surface area contributed by atoms with E-state index < -0.39 is 0 Å². The summed E-state index contributed by atoms with van der Waals surface area (Å²) in [4.78, 5) is 0. The second-order valence-corrected chi connectivity index (χ2v) is 3.70. The van der Waals surface area contributed by atoms with Gasteiger partial charge in [0.15, 0.2) is 0 Å². The summed E-state index contributed by atoms with van der Waals surface area (Å²) in [5.41, 5.74) is 5.20. The number of nitrogens with two attached hydrogens (primary N) is 1. The average Bonchev–Trinajstić information content (AvgIpc) is 2.08. The zero-order valence-electron chi connectivity index (χ0n) is 7.26. The summed E-state index contributed by atoms with van der Waals surface area (Å²) in [6, 6.07) is 6.31. The highest BCUT2D eigenvalue weighted by atomic mass is 79.9. The van der Waals surface area contributed by atoms with Gasteiger partial charge in [0.25, 0.3) is 0 Å². The van der Waals surface area contributed by atoms with Crippen LogP contribution in [0.5, 0.6) is 0 Å². The first-order valence-electron chi connectivity index (χ1n) is 3.88. The van der Waals surface area contributed by atoms with Gasteiger partial charge in [0, 0.05) is 10.5 Å². The molecule has 0 heterocycles. The lowest BCUT2D eigenvalue weighted by atomic mass is 10.0. The van der Waals surface area contributed by atoms with Crippen molar-refractivity contribution in [3.05, 3.63) is 33.8 Å². The molecule has 0 aliphatic rings. The molecule has 2 nitrogen and oxygen atoms in total. The Morgan fingerprint density at radius 3 is 2.75 bits per heavy atom. The molecule has 1 rings (SSSR count). The van der Waals surface area contributed by atoms with Crippen LogP contribution in [0.1, 0.15) is 24.1 Å². The largest absolute Gasteiger partial charge is 0.271 e. The molecule has 0 saturated carbocycles. The first kappa shape index (κ1) is 9.71. The van der Waals surface area contributed by atoms with E-state index in [-0.39, 0.29) is 6.04 Å². The predicted molar refractivity (Wildman–Crippen MR) is 54.6 cm³/mol. The molecule has 3 heteroatoms. The Hall–Kier alpha value is -0.380. The lowest BCUT2D eigenvalue weighted by molar-refractivity contribution is 0.599. The van der Waals surface area contributed by atoms with Gasteiger partial charge in [-0.2, -0.15) is 0 Å². The van der Waals surface area contributed by atoms with Crippen LogP contribution >= 0.6 is 15.9 Å². The molecule has 0 radical (unpaired) electrons. The summed E-state index contributed by atoms with van der Waals surface area (Å²) >= 11 is 3.47. The Morgan fingerprint density at radius 2 is 2.17 bits per heavy atom. The van der Waals surface area contributed by atoms with E-state index in [4.69, 9.17) is 5.84 Å². The van der Waals surface area contributed by atoms with Crippen molar-refractivity contribution in [2.75, 3.05) is 0 Å². The van der Waals surface area contributed by atoms with Crippen LogP contribution < -0.4 is 11.3 Å². The first-order chi connectivity index (χ1) is 5.66. The fourth-order valence-electron chi connectivity index (χ4n) is 1.18. The van der Waals surface area contributed by atoms with Crippen molar-refractivity contribution in [2.45, 2.75) is 19.9 Å². The molecular weight excluding hydrogens is 216 g/mol. The van der Waals surface area contributed by atoms with Crippen LogP contribution in [0.25, 0.3) is 0 Å². The fraction of sp³-hybridized carbons (Fsp3) is 0.333. The zero-order chi connectivity index (χ0) is 9.14. The minimum atomic E-state index is 0.197. The van der Waals surface area contributed by atoms with Gasteiger partial charge in [0.2, 0.25) is 0 Å². The van der Waals surface area contributed by atoms with Gasteiger partial charge >= 0.3 is 0 Å². The lowest BCUT2D eigenvalue weighted by Gasteiger charge is -2.13. The zero-order valence-corrected chi connectivity index (χ0v) is 8.85. The number of benzene rings is 1. The summed E-state index contributed by atoms with van der Waals surface area (Å²) in [6.45, 7) is 4.11. The Labute approximate surface area is 81.3 Å². The van der Waals surface area contributed by atoms with E-state index in [9.17, 15) is 0 Å². The fourth-order valence-corrected chi connectivity index (χ4v) is 1.56. The van der Waals surface area contributed by atoms with Crippen LogP contribution in [0.2, 0.25) is 0 Å². The van der Waals surface area contributed by atoms with Gasteiger partial charge in [-0.25, -0.2) is 0 Å². The van der Waals surface area contributed by atoms with Gasteiger partial charge in [0.05, 0.1) is 0 Å². The molecule has 0 saturated heterocycles. The molecule has 0 aliphatic heterocycles. The summed E-state index contributed by atoms with van der Waals surface area (Å²) < 4.78 is 1.13. The molecule has 0 fully saturated rings. The van der Waals surface area contributed by atoms with Crippen molar-refractivity contribution < 1.29 is 0 Å². The molecule has 0 aromatic heterocycles. The average molecular weight is 229 g/mol. The van der Waals surface area contributed by atoms with E-state index in [0.717, 1.165) is 4.47 Å². The SMILES string of the molecule is Cc1c(Br)cccc1C(C)NN. The first-order valence-corrected chi connectivity index (χ1v) is 4.67. The van der Waals surface area contributed by atoms with E-state index in [2.05, 4.69) is 34.3 Å². The van der Waals surface area contributed by atoms with Crippen molar-refractivity contribution in [1.82, 2.24) is 5.43 Å². The predicted octanol–water partition coefficient (Wildman–Crippen LogP) is 2.28. The summed E-state index contributed by atoms with van der Waals surface area (Å²) in [5.74, 6) is 5.36. The summed E-state index contributed by atoms with van der Waals surface area (Å²) in [6.07, 6.45) is 0. The highest BCUT2D eigenvalue weighted by Crippen LogP contribution is 2.23.